The molecule has 1 unspecified atom stereocenters. The van der Waals surface area contributed by atoms with Crippen molar-refractivity contribution < 1.29 is 4.74 Å². The van der Waals surface area contributed by atoms with E-state index >= 15 is 0 Å². The van der Waals surface area contributed by atoms with Gasteiger partial charge in [-0.1, -0.05) is 44.7 Å². The Labute approximate surface area is 130 Å². The predicted molar refractivity (Wildman–Crippen MR) is 90.0 cm³/mol. The molecule has 1 aromatic carbocycles. The smallest absolute Gasteiger partial charge is 0.119 e. The second-order valence-electron chi connectivity index (χ2n) is 6.35. The molecular weight excluding hydrogens is 258 g/mol. The molecule has 1 aliphatic carbocycles. The van der Waals surface area contributed by atoms with Crippen molar-refractivity contribution >= 4 is 0 Å². The molecule has 0 aliphatic heterocycles. The summed E-state index contributed by atoms with van der Waals surface area (Å²) in [5, 5.41) is 3.46. The first-order valence-corrected chi connectivity index (χ1v) is 8.72. The van der Waals surface area contributed by atoms with Crippen LogP contribution in [0.25, 0.3) is 0 Å². The first-order valence-electron chi connectivity index (χ1n) is 8.72. The van der Waals surface area contributed by atoms with E-state index in [0.717, 1.165) is 18.3 Å². The van der Waals surface area contributed by atoms with Gasteiger partial charge in [0.15, 0.2) is 0 Å². The Morgan fingerprint density at radius 1 is 1.14 bits per heavy atom. The van der Waals surface area contributed by atoms with E-state index in [1.807, 2.05) is 0 Å². The van der Waals surface area contributed by atoms with Gasteiger partial charge in [-0.25, -0.2) is 0 Å². The summed E-state index contributed by atoms with van der Waals surface area (Å²) in [4.78, 5) is 0. The Balaban J connectivity index is 1.80. The number of hydrogen-bond acceptors (Lipinski definition) is 2. The molecule has 1 N–H and O–H groups in total. The van der Waals surface area contributed by atoms with Crippen LogP contribution in [0.3, 0.4) is 0 Å². The minimum absolute atomic E-state index is 0.491. The average molecular weight is 289 g/mol. The molecule has 0 saturated heterocycles. The molecule has 0 heterocycles. The Kier molecular flexibility index (Phi) is 7.08. The number of likely N-dealkylation sites (N-methyl/N-ethyl adjacent to an activating group) is 1. The van der Waals surface area contributed by atoms with E-state index in [9.17, 15) is 0 Å². The van der Waals surface area contributed by atoms with Crippen LogP contribution in [-0.2, 0) is 6.42 Å². The van der Waals surface area contributed by atoms with Gasteiger partial charge in [-0.3, -0.25) is 0 Å². The SMILES string of the molecule is CCCCc1ccc(OCC(NC)C2CCCCC2)cc1. The van der Waals surface area contributed by atoms with E-state index in [-0.39, 0.29) is 0 Å². The van der Waals surface area contributed by atoms with Gasteiger partial charge in [0.05, 0.1) is 0 Å². The third-order valence-corrected chi connectivity index (χ3v) is 4.76. The molecule has 2 heteroatoms. The number of unbranched alkanes of at least 4 members (excludes halogenated alkanes) is 1. The number of benzene rings is 1. The van der Waals surface area contributed by atoms with Gasteiger partial charge in [0.1, 0.15) is 12.4 Å². The predicted octanol–water partition coefficient (Wildman–Crippen LogP) is 4.58. The average Bonchev–Trinajstić information content (AvgIpc) is 2.55. The Hall–Kier alpha value is -1.02. The van der Waals surface area contributed by atoms with Crippen molar-refractivity contribution in [3.05, 3.63) is 29.8 Å². The van der Waals surface area contributed by atoms with E-state index in [1.165, 1.54) is 56.9 Å². The standard InChI is InChI=1S/C19H31NO/c1-3-4-8-16-11-13-18(14-12-16)21-15-19(20-2)17-9-6-5-7-10-17/h11-14,17,19-20H,3-10,15H2,1-2H3. The zero-order chi connectivity index (χ0) is 14.9. The molecule has 1 saturated carbocycles. The summed E-state index contributed by atoms with van der Waals surface area (Å²) in [5.41, 5.74) is 1.42. The molecule has 0 aromatic heterocycles. The fourth-order valence-corrected chi connectivity index (χ4v) is 3.31. The third-order valence-electron chi connectivity index (χ3n) is 4.76. The fraction of sp³-hybridized carbons (Fsp3) is 0.684. The molecule has 118 valence electrons. The summed E-state index contributed by atoms with van der Waals surface area (Å²) in [6.07, 6.45) is 10.6. The maximum atomic E-state index is 6.01. The summed E-state index contributed by atoms with van der Waals surface area (Å²) in [6, 6.07) is 9.15. The van der Waals surface area contributed by atoms with Crippen LogP contribution in [0.5, 0.6) is 5.75 Å². The van der Waals surface area contributed by atoms with Gasteiger partial charge in [0.2, 0.25) is 0 Å². The third kappa shape index (κ3) is 5.35. The van der Waals surface area contributed by atoms with Crippen molar-refractivity contribution in [2.45, 2.75) is 64.3 Å². The lowest BCUT2D eigenvalue weighted by Gasteiger charge is -2.29. The van der Waals surface area contributed by atoms with Gasteiger partial charge in [-0.05, 0) is 56.3 Å². The normalized spacial score (nSPS) is 17.6. The monoisotopic (exact) mass is 289 g/mol. The fourth-order valence-electron chi connectivity index (χ4n) is 3.31. The maximum absolute atomic E-state index is 6.01. The summed E-state index contributed by atoms with van der Waals surface area (Å²) in [5.74, 6) is 1.79. The molecule has 21 heavy (non-hydrogen) atoms. The molecule has 0 amide bonds. The molecule has 0 radical (unpaired) electrons. The highest BCUT2D eigenvalue weighted by Crippen LogP contribution is 2.27. The quantitative estimate of drug-likeness (QED) is 0.756. The van der Waals surface area contributed by atoms with Crippen LogP contribution in [0, 0.1) is 5.92 Å². The van der Waals surface area contributed by atoms with Crippen LogP contribution in [0.1, 0.15) is 57.4 Å². The van der Waals surface area contributed by atoms with Crippen LogP contribution in [0.2, 0.25) is 0 Å². The van der Waals surface area contributed by atoms with Crippen LogP contribution in [-0.4, -0.2) is 19.7 Å². The van der Waals surface area contributed by atoms with Crippen molar-refractivity contribution in [2.75, 3.05) is 13.7 Å². The van der Waals surface area contributed by atoms with E-state index in [0.29, 0.717) is 6.04 Å². The van der Waals surface area contributed by atoms with Crippen LogP contribution in [0.4, 0.5) is 0 Å². The molecule has 2 rings (SSSR count). The van der Waals surface area contributed by atoms with Crippen LogP contribution < -0.4 is 10.1 Å². The number of rotatable bonds is 8. The summed E-state index contributed by atoms with van der Waals surface area (Å²) in [6.45, 7) is 3.02. The second-order valence-corrected chi connectivity index (χ2v) is 6.35. The lowest BCUT2D eigenvalue weighted by molar-refractivity contribution is 0.192. The molecule has 1 atom stereocenters. The van der Waals surface area contributed by atoms with Gasteiger partial charge in [-0.2, -0.15) is 0 Å². The lowest BCUT2D eigenvalue weighted by Crippen LogP contribution is -2.39. The summed E-state index contributed by atoms with van der Waals surface area (Å²) < 4.78 is 6.01. The highest BCUT2D eigenvalue weighted by molar-refractivity contribution is 5.27. The number of aryl methyl sites for hydroxylation is 1. The van der Waals surface area contributed by atoms with E-state index in [1.54, 1.807) is 0 Å². The Morgan fingerprint density at radius 2 is 1.86 bits per heavy atom. The highest BCUT2D eigenvalue weighted by Gasteiger charge is 2.22. The summed E-state index contributed by atoms with van der Waals surface area (Å²) >= 11 is 0. The first kappa shape index (κ1) is 16.4. The molecule has 2 nitrogen and oxygen atoms in total. The topological polar surface area (TPSA) is 21.3 Å². The van der Waals surface area contributed by atoms with Gasteiger partial charge >= 0.3 is 0 Å². The molecule has 0 spiro atoms. The van der Waals surface area contributed by atoms with Crippen LogP contribution in [0.15, 0.2) is 24.3 Å². The molecular formula is C19H31NO. The maximum Gasteiger partial charge on any atom is 0.119 e. The minimum Gasteiger partial charge on any atom is -0.492 e. The highest BCUT2D eigenvalue weighted by atomic mass is 16.5. The second kappa shape index (κ2) is 9.09. The Bertz CT molecular complexity index is 381. The van der Waals surface area contributed by atoms with Crippen molar-refractivity contribution in [2.24, 2.45) is 5.92 Å². The number of hydrogen-bond donors (Lipinski definition) is 1. The van der Waals surface area contributed by atoms with Crippen molar-refractivity contribution in [1.82, 2.24) is 5.32 Å². The minimum atomic E-state index is 0.491. The van der Waals surface area contributed by atoms with Gasteiger partial charge in [-0.15, -0.1) is 0 Å². The largest absolute Gasteiger partial charge is 0.492 e. The Morgan fingerprint density at radius 3 is 2.48 bits per heavy atom. The van der Waals surface area contributed by atoms with Crippen molar-refractivity contribution in [3.63, 3.8) is 0 Å². The molecule has 1 aromatic rings. The first-order chi connectivity index (χ1) is 10.3. The van der Waals surface area contributed by atoms with E-state index < -0.39 is 0 Å². The van der Waals surface area contributed by atoms with Gasteiger partial charge in [0.25, 0.3) is 0 Å². The molecule has 1 aliphatic rings. The summed E-state index contributed by atoms with van der Waals surface area (Å²) in [7, 11) is 2.07. The van der Waals surface area contributed by atoms with Gasteiger partial charge in [0, 0.05) is 6.04 Å². The zero-order valence-corrected chi connectivity index (χ0v) is 13.7. The van der Waals surface area contributed by atoms with E-state index in [2.05, 4.69) is 43.6 Å². The van der Waals surface area contributed by atoms with Crippen LogP contribution >= 0.6 is 0 Å². The van der Waals surface area contributed by atoms with Gasteiger partial charge < -0.3 is 10.1 Å². The van der Waals surface area contributed by atoms with E-state index in [4.69, 9.17) is 4.74 Å². The number of ether oxygens (including phenoxy) is 1. The number of nitrogens with one attached hydrogen (secondary N) is 1. The van der Waals surface area contributed by atoms with Crippen molar-refractivity contribution in [1.29, 1.82) is 0 Å². The zero-order valence-electron chi connectivity index (χ0n) is 13.7. The molecule has 1 fully saturated rings. The molecule has 0 bridgehead atoms. The van der Waals surface area contributed by atoms with Crippen molar-refractivity contribution in [3.8, 4) is 5.75 Å². The lowest BCUT2D eigenvalue weighted by atomic mass is 9.84.